The van der Waals surface area contributed by atoms with E-state index >= 15 is 0 Å². The number of methoxy groups -OCH3 is 1. The van der Waals surface area contributed by atoms with Crippen LogP contribution in [0.25, 0.3) is 0 Å². The summed E-state index contributed by atoms with van der Waals surface area (Å²) in [5.74, 6) is 0.645. The van der Waals surface area contributed by atoms with Gasteiger partial charge >= 0.3 is 7.82 Å². The average Bonchev–Trinajstić information content (AvgIpc) is 2.78. The van der Waals surface area contributed by atoms with Gasteiger partial charge in [0.25, 0.3) is 0 Å². The molecule has 0 spiro atoms. The molecule has 3 rings (SSSR count). The van der Waals surface area contributed by atoms with Crippen molar-refractivity contribution in [2.24, 2.45) is 0 Å². The Bertz CT molecular complexity index is 867. The first kappa shape index (κ1) is 21.3. The fraction of sp³-hybridized carbons (Fsp3) is 0.217. The van der Waals surface area contributed by atoms with Gasteiger partial charge in [-0.3, -0.25) is 13.6 Å². The SMILES string of the molecule is COc1[c]ccc(CCOP(=O)(OCc2ccccc2)OCc2ccccc2)c1. The van der Waals surface area contributed by atoms with E-state index in [1.54, 1.807) is 13.2 Å². The molecule has 0 aromatic heterocycles. The summed E-state index contributed by atoms with van der Waals surface area (Å²) in [5.41, 5.74) is 2.77. The van der Waals surface area contributed by atoms with E-state index in [0.717, 1.165) is 16.7 Å². The van der Waals surface area contributed by atoms with Crippen LogP contribution in [-0.4, -0.2) is 13.7 Å². The van der Waals surface area contributed by atoms with Gasteiger partial charge in [0.15, 0.2) is 0 Å². The topological polar surface area (TPSA) is 54.0 Å². The Labute approximate surface area is 171 Å². The molecule has 0 bridgehead atoms. The molecule has 29 heavy (non-hydrogen) atoms. The number of hydrogen-bond donors (Lipinski definition) is 0. The molecule has 0 fully saturated rings. The number of rotatable bonds is 11. The molecule has 0 N–H and O–H groups in total. The summed E-state index contributed by atoms with van der Waals surface area (Å²) >= 11 is 0. The monoisotopic (exact) mass is 411 g/mol. The normalized spacial score (nSPS) is 11.3. The van der Waals surface area contributed by atoms with Gasteiger partial charge in [0.2, 0.25) is 0 Å². The lowest BCUT2D eigenvalue weighted by molar-refractivity contribution is 0.104. The lowest BCUT2D eigenvalue weighted by Crippen LogP contribution is -2.04. The summed E-state index contributed by atoms with van der Waals surface area (Å²) in [6.07, 6.45) is 0.540. The standard InChI is InChI=1S/C23H24O5P/c1-25-23-14-8-13-20(17-23)15-16-26-29(24,27-18-21-9-4-2-5-10-21)28-19-22-11-6-3-7-12-22/h2-13,17H,15-16,18-19H2,1H3. The number of phosphoric ester groups is 1. The fourth-order valence-electron chi connectivity index (χ4n) is 2.61. The van der Waals surface area contributed by atoms with Gasteiger partial charge in [0, 0.05) is 6.07 Å². The molecular formula is C23H24O5P. The van der Waals surface area contributed by atoms with Crippen LogP contribution < -0.4 is 4.74 Å². The summed E-state index contributed by atoms with van der Waals surface area (Å²) in [4.78, 5) is 0. The summed E-state index contributed by atoms with van der Waals surface area (Å²) in [5, 5.41) is 0. The predicted octanol–water partition coefficient (Wildman–Crippen LogP) is 5.60. The van der Waals surface area contributed by atoms with Crippen molar-refractivity contribution in [2.45, 2.75) is 19.6 Å². The lowest BCUT2D eigenvalue weighted by Gasteiger charge is -2.18. The molecule has 0 aliphatic heterocycles. The maximum Gasteiger partial charge on any atom is 0.475 e. The van der Waals surface area contributed by atoms with Gasteiger partial charge in [-0.25, -0.2) is 4.57 Å². The van der Waals surface area contributed by atoms with Gasteiger partial charge in [-0.05, 0) is 29.2 Å². The van der Waals surface area contributed by atoms with Crippen molar-refractivity contribution >= 4 is 7.82 Å². The number of hydrogen-bond acceptors (Lipinski definition) is 5. The molecule has 0 saturated heterocycles. The molecule has 0 amide bonds. The van der Waals surface area contributed by atoms with Crippen molar-refractivity contribution in [3.8, 4) is 5.75 Å². The minimum absolute atomic E-state index is 0.140. The van der Waals surface area contributed by atoms with Crippen molar-refractivity contribution in [2.75, 3.05) is 13.7 Å². The minimum Gasteiger partial charge on any atom is -0.496 e. The zero-order valence-corrected chi connectivity index (χ0v) is 17.2. The van der Waals surface area contributed by atoms with Gasteiger partial charge < -0.3 is 4.74 Å². The smallest absolute Gasteiger partial charge is 0.475 e. The zero-order chi connectivity index (χ0) is 20.4. The van der Waals surface area contributed by atoms with Crippen LogP contribution in [-0.2, 0) is 37.8 Å². The Morgan fingerprint density at radius 2 is 1.38 bits per heavy atom. The average molecular weight is 411 g/mol. The maximum atomic E-state index is 13.2. The van der Waals surface area contributed by atoms with Gasteiger partial charge in [0.05, 0.1) is 26.9 Å². The molecule has 3 aromatic rings. The molecule has 0 saturated carbocycles. The van der Waals surface area contributed by atoms with Gasteiger partial charge in [-0.2, -0.15) is 0 Å². The molecule has 5 nitrogen and oxygen atoms in total. The van der Waals surface area contributed by atoms with E-state index < -0.39 is 7.82 Å². The van der Waals surface area contributed by atoms with Crippen LogP contribution in [0.3, 0.4) is 0 Å². The van der Waals surface area contributed by atoms with E-state index in [1.165, 1.54) is 0 Å². The maximum absolute atomic E-state index is 13.2. The molecule has 0 aliphatic carbocycles. The van der Waals surface area contributed by atoms with Gasteiger partial charge in [-0.15, -0.1) is 0 Å². The van der Waals surface area contributed by atoms with E-state index in [2.05, 4.69) is 6.07 Å². The summed E-state index contributed by atoms with van der Waals surface area (Å²) in [6, 6.07) is 27.5. The summed E-state index contributed by atoms with van der Waals surface area (Å²) < 4.78 is 35.2. The highest BCUT2D eigenvalue weighted by molar-refractivity contribution is 7.48. The fourth-order valence-corrected chi connectivity index (χ4v) is 3.76. The highest BCUT2D eigenvalue weighted by atomic mass is 31.2. The molecule has 0 unspecified atom stereocenters. The van der Waals surface area contributed by atoms with Crippen molar-refractivity contribution in [1.82, 2.24) is 0 Å². The molecule has 0 atom stereocenters. The number of ether oxygens (including phenoxy) is 1. The highest BCUT2D eigenvalue weighted by Gasteiger charge is 2.27. The van der Waals surface area contributed by atoms with E-state index in [9.17, 15) is 4.57 Å². The van der Waals surface area contributed by atoms with Crippen molar-refractivity contribution in [3.63, 3.8) is 0 Å². The van der Waals surface area contributed by atoms with Crippen LogP contribution in [0, 0.1) is 6.07 Å². The van der Waals surface area contributed by atoms with Crippen molar-refractivity contribution in [1.29, 1.82) is 0 Å². The first-order valence-corrected chi connectivity index (χ1v) is 10.8. The summed E-state index contributed by atoms with van der Waals surface area (Å²) in [6.45, 7) is 0.468. The van der Waals surface area contributed by atoms with Crippen LogP contribution in [0.4, 0.5) is 0 Å². The van der Waals surface area contributed by atoms with Crippen LogP contribution in [0.2, 0.25) is 0 Å². The molecule has 1 radical (unpaired) electrons. The van der Waals surface area contributed by atoms with E-state index in [1.807, 2.05) is 72.8 Å². The minimum atomic E-state index is -3.75. The van der Waals surface area contributed by atoms with Crippen LogP contribution in [0.1, 0.15) is 16.7 Å². The molecule has 151 valence electrons. The third-order valence-corrected chi connectivity index (χ3v) is 5.55. The molecule has 0 aliphatic rings. The second-order valence-electron chi connectivity index (χ2n) is 6.31. The Morgan fingerprint density at radius 3 is 1.93 bits per heavy atom. The molecular weight excluding hydrogens is 387 g/mol. The van der Waals surface area contributed by atoms with E-state index in [-0.39, 0.29) is 19.8 Å². The van der Waals surface area contributed by atoms with E-state index in [4.69, 9.17) is 18.3 Å². The first-order chi connectivity index (χ1) is 14.2. The third-order valence-electron chi connectivity index (χ3n) is 4.16. The number of phosphoric acid groups is 1. The Balaban J connectivity index is 1.61. The third kappa shape index (κ3) is 7.15. The lowest BCUT2D eigenvalue weighted by atomic mass is 10.1. The van der Waals surface area contributed by atoms with Gasteiger partial charge in [-0.1, -0.05) is 72.8 Å². The van der Waals surface area contributed by atoms with Crippen LogP contribution in [0.5, 0.6) is 5.75 Å². The quantitative estimate of drug-likeness (QED) is 0.385. The van der Waals surface area contributed by atoms with Crippen molar-refractivity contribution < 1.29 is 22.9 Å². The van der Waals surface area contributed by atoms with Gasteiger partial charge in [0.1, 0.15) is 5.75 Å². The predicted molar refractivity (Wildman–Crippen MR) is 112 cm³/mol. The second kappa shape index (κ2) is 10.9. The van der Waals surface area contributed by atoms with Crippen LogP contribution >= 0.6 is 7.82 Å². The van der Waals surface area contributed by atoms with Crippen molar-refractivity contribution in [3.05, 3.63) is 102 Å². The Morgan fingerprint density at radius 1 is 0.793 bits per heavy atom. The van der Waals surface area contributed by atoms with Crippen LogP contribution in [0.15, 0.2) is 78.9 Å². The first-order valence-electron chi connectivity index (χ1n) is 9.33. The molecule has 0 heterocycles. The van der Waals surface area contributed by atoms with E-state index in [0.29, 0.717) is 12.2 Å². The largest absolute Gasteiger partial charge is 0.496 e. The highest BCUT2D eigenvalue weighted by Crippen LogP contribution is 2.51. The summed E-state index contributed by atoms with van der Waals surface area (Å²) in [7, 11) is -2.15. The number of benzene rings is 3. The second-order valence-corrected chi connectivity index (χ2v) is 7.98. The molecule has 6 heteroatoms. The Kier molecular flexibility index (Phi) is 8.03. The molecule has 3 aromatic carbocycles. The zero-order valence-electron chi connectivity index (χ0n) is 16.3. The Hall–Kier alpha value is -2.43.